The van der Waals surface area contributed by atoms with Crippen molar-refractivity contribution >= 4 is 11.3 Å². The first-order valence-corrected chi connectivity index (χ1v) is 12.9. The first kappa shape index (κ1) is 24.2. The van der Waals surface area contributed by atoms with Gasteiger partial charge in [0.1, 0.15) is 10.5 Å². The average Bonchev–Trinajstić information content (AvgIpc) is 3.41. The zero-order chi connectivity index (χ0) is 23.9. The highest BCUT2D eigenvalue weighted by molar-refractivity contribution is 7.12. The van der Waals surface area contributed by atoms with Crippen molar-refractivity contribution in [3.8, 4) is 0 Å². The minimum Gasteiger partial charge on any atom is -0.392 e. The molecule has 0 radical (unpaired) electrons. The van der Waals surface area contributed by atoms with Crippen molar-refractivity contribution in [2.75, 3.05) is 26.4 Å². The molecule has 1 spiro atoms. The maximum absolute atomic E-state index is 13.6. The topological polar surface area (TPSA) is 59.8 Å². The van der Waals surface area contributed by atoms with Gasteiger partial charge < -0.3 is 14.6 Å². The molecule has 6 nitrogen and oxygen atoms in total. The van der Waals surface area contributed by atoms with Crippen LogP contribution in [0.4, 0.5) is 13.2 Å². The Hall–Kier alpha value is -1.46. The molecule has 0 amide bonds. The fourth-order valence-electron chi connectivity index (χ4n) is 5.78. The Morgan fingerprint density at radius 2 is 2.06 bits per heavy atom. The second-order valence-corrected chi connectivity index (χ2v) is 10.9. The van der Waals surface area contributed by atoms with Crippen LogP contribution in [0.2, 0.25) is 0 Å². The molecule has 2 aromatic heterocycles. The van der Waals surface area contributed by atoms with Gasteiger partial charge in [0.25, 0.3) is 0 Å². The summed E-state index contributed by atoms with van der Waals surface area (Å²) in [5.41, 5.74) is 1.15. The van der Waals surface area contributed by atoms with Crippen molar-refractivity contribution in [2.45, 2.75) is 76.5 Å². The van der Waals surface area contributed by atoms with Crippen LogP contribution in [0.15, 0.2) is 12.4 Å². The number of likely N-dealkylation sites (tertiary alicyclic amines) is 1. The Morgan fingerprint density at radius 1 is 1.26 bits per heavy atom. The number of aliphatic hydroxyl groups excluding tert-OH is 1. The van der Waals surface area contributed by atoms with E-state index in [1.807, 2.05) is 10.9 Å². The molecule has 1 N–H and O–H groups in total. The molecular weight excluding hydrogens is 467 g/mol. The lowest BCUT2D eigenvalue weighted by Crippen LogP contribution is -2.50. The summed E-state index contributed by atoms with van der Waals surface area (Å²) in [7, 11) is 0. The summed E-state index contributed by atoms with van der Waals surface area (Å²) in [5.74, 6) is 0.601. The molecule has 0 unspecified atom stereocenters. The maximum Gasteiger partial charge on any atom is 0.425 e. The van der Waals surface area contributed by atoms with Gasteiger partial charge in [0, 0.05) is 61.1 Å². The summed E-state index contributed by atoms with van der Waals surface area (Å²) in [4.78, 5) is 2.37. The van der Waals surface area contributed by atoms with Crippen LogP contribution in [-0.2, 0) is 47.4 Å². The monoisotopic (exact) mass is 499 g/mol. The molecule has 0 aliphatic carbocycles. The Morgan fingerprint density at radius 3 is 2.76 bits per heavy atom. The fourth-order valence-corrected chi connectivity index (χ4v) is 7.19. The van der Waals surface area contributed by atoms with Crippen LogP contribution in [0.1, 0.15) is 59.1 Å². The van der Waals surface area contributed by atoms with Crippen LogP contribution in [0.3, 0.4) is 0 Å². The number of nitrogens with zero attached hydrogens (tertiary/aromatic N) is 3. The highest BCUT2D eigenvalue weighted by atomic mass is 32.1. The van der Waals surface area contributed by atoms with Crippen molar-refractivity contribution in [3.05, 3.63) is 38.8 Å². The van der Waals surface area contributed by atoms with Gasteiger partial charge in [0.05, 0.1) is 19.4 Å². The third-order valence-corrected chi connectivity index (χ3v) is 9.09. The van der Waals surface area contributed by atoms with E-state index in [4.69, 9.17) is 9.47 Å². The second-order valence-electron chi connectivity index (χ2n) is 9.87. The first-order valence-electron chi connectivity index (χ1n) is 12.1. The number of aliphatic hydroxyl groups is 1. The SMILES string of the molecule is C[C@H]1C[C@@]2(CCN1Cc1cnn(CC3CCOCC3)c1)OCCc1c2sc(C(F)(F)F)c1CO. The fraction of sp³-hybridized carbons (Fsp3) is 0.708. The van der Waals surface area contributed by atoms with E-state index in [0.717, 1.165) is 62.6 Å². The average molecular weight is 500 g/mol. The van der Waals surface area contributed by atoms with E-state index in [9.17, 15) is 18.3 Å². The number of aromatic nitrogens is 2. The quantitative estimate of drug-likeness (QED) is 0.664. The summed E-state index contributed by atoms with van der Waals surface area (Å²) < 4.78 is 54.6. The normalized spacial score (nSPS) is 26.8. The Labute approximate surface area is 201 Å². The van der Waals surface area contributed by atoms with Crippen molar-refractivity contribution in [1.29, 1.82) is 0 Å². The van der Waals surface area contributed by atoms with E-state index in [1.165, 1.54) is 0 Å². The van der Waals surface area contributed by atoms with Crippen LogP contribution in [-0.4, -0.2) is 52.2 Å². The summed E-state index contributed by atoms with van der Waals surface area (Å²) >= 11 is 0.775. The Bertz CT molecular complexity index is 1000. The van der Waals surface area contributed by atoms with Crippen molar-refractivity contribution in [1.82, 2.24) is 14.7 Å². The Kier molecular flexibility index (Phi) is 6.80. The minimum absolute atomic E-state index is 0.0437. The highest BCUT2D eigenvalue weighted by Crippen LogP contribution is 2.51. The molecule has 2 fully saturated rings. The molecule has 10 heteroatoms. The lowest BCUT2D eigenvalue weighted by atomic mass is 9.81. The van der Waals surface area contributed by atoms with Crippen LogP contribution in [0.5, 0.6) is 0 Å². The third kappa shape index (κ3) is 4.67. The van der Waals surface area contributed by atoms with Crippen LogP contribution < -0.4 is 0 Å². The molecule has 0 bridgehead atoms. The lowest BCUT2D eigenvalue weighted by Gasteiger charge is -2.47. The number of alkyl halides is 3. The Balaban J connectivity index is 1.28. The van der Waals surface area contributed by atoms with Crippen molar-refractivity contribution < 1.29 is 27.8 Å². The molecule has 3 aliphatic rings. The largest absolute Gasteiger partial charge is 0.425 e. The molecule has 2 aromatic rings. The predicted octanol–water partition coefficient (Wildman–Crippen LogP) is 4.33. The van der Waals surface area contributed by atoms with Gasteiger partial charge in [-0.05, 0) is 50.5 Å². The van der Waals surface area contributed by atoms with Gasteiger partial charge in [0.15, 0.2) is 0 Å². The number of thiophene rings is 1. The molecular formula is C24H32F3N3O3S. The molecule has 0 aromatic carbocycles. The van der Waals surface area contributed by atoms with Gasteiger partial charge in [0.2, 0.25) is 0 Å². The van der Waals surface area contributed by atoms with Crippen LogP contribution >= 0.6 is 11.3 Å². The van der Waals surface area contributed by atoms with E-state index in [2.05, 4.69) is 23.1 Å². The molecule has 2 atom stereocenters. The molecule has 5 heterocycles. The van der Waals surface area contributed by atoms with E-state index < -0.39 is 23.3 Å². The number of hydrogen-bond acceptors (Lipinski definition) is 6. The zero-order valence-corrected chi connectivity index (χ0v) is 20.3. The molecule has 34 heavy (non-hydrogen) atoms. The zero-order valence-electron chi connectivity index (χ0n) is 19.4. The van der Waals surface area contributed by atoms with Gasteiger partial charge in [-0.25, -0.2) is 0 Å². The molecule has 0 saturated carbocycles. The number of hydrogen-bond donors (Lipinski definition) is 1. The van der Waals surface area contributed by atoms with Gasteiger partial charge >= 0.3 is 6.18 Å². The number of rotatable bonds is 5. The summed E-state index contributed by atoms with van der Waals surface area (Å²) in [5, 5.41) is 14.3. The molecule has 5 rings (SSSR count). The summed E-state index contributed by atoms with van der Waals surface area (Å²) in [6.45, 7) is 5.98. The number of piperidine rings is 1. The van der Waals surface area contributed by atoms with E-state index in [0.29, 0.717) is 42.2 Å². The van der Waals surface area contributed by atoms with Crippen LogP contribution in [0.25, 0.3) is 0 Å². The summed E-state index contributed by atoms with van der Waals surface area (Å²) in [6, 6.07) is 0.146. The minimum atomic E-state index is -4.46. The lowest BCUT2D eigenvalue weighted by molar-refractivity contribution is -0.135. The van der Waals surface area contributed by atoms with Gasteiger partial charge in [-0.15, -0.1) is 11.3 Å². The maximum atomic E-state index is 13.6. The van der Waals surface area contributed by atoms with Gasteiger partial charge in [-0.2, -0.15) is 18.3 Å². The van der Waals surface area contributed by atoms with Crippen molar-refractivity contribution in [3.63, 3.8) is 0 Å². The highest BCUT2D eigenvalue weighted by Gasteiger charge is 2.48. The van der Waals surface area contributed by atoms with Gasteiger partial charge in [-0.1, -0.05) is 0 Å². The van der Waals surface area contributed by atoms with Gasteiger partial charge in [-0.3, -0.25) is 9.58 Å². The smallest absolute Gasteiger partial charge is 0.392 e. The van der Waals surface area contributed by atoms with Crippen LogP contribution in [0, 0.1) is 5.92 Å². The van der Waals surface area contributed by atoms with E-state index in [-0.39, 0.29) is 11.6 Å². The van der Waals surface area contributed by atoms with E-state index >= 15 is 0 Å². The second kappa shape index (κ2) is 9.54. The first-order chi connectivity index (χ1) is 16.3. The molecule has 3 aliphatic heterocycles. The standard InChI is InChI=1S/C24H32F3N3O3S/c1-16-10-23(21-19(4-9-33-23)20(15-31)22(34-21)24(25,26)27)5-6-29(16)12-18-11-28-30(14-18)13-17-2-7-32-8-3-17/h11,14,16-17,31H,2-10,12-13,15H2,1H3/t16-,23+/m0/s1. The van der Waals surface area contributed by atoms with E-state index in [1.54, 1.807) is 0 Å². The number of fused-ring (bicyclic) bond motifs is 2. The van der Waals surface area contributed by atoms with Crippen molar-refractivity contribution in [2.24, 2.45) is 5.92 Å². The molecule has 2 saturated heterocycles. The predicted molar refractivity (Wildman–Crippen MR) is 121 cm³/mol. The third-order valence-electron chi connectivity index (χ3n) is 7.59. The number of ether oxygens (including phenoxy) is 2. The molecule has 188 valence electrons. The number of halogens is 3. The summed E-state index contributed by atoms with van der Waals surface area (Å²) in [6.07, 6.45) is 3.42.